The molecule has 1 N–H and O–H groups in total. The molecular formula is C14H12N2O2S2. The third-order valence-electron chi connectivity index (χ3n) is 2.67. The Balaban J connectivity index is 2.08. The minimum Gasteiger partial charge on any atom is -0.481 e. The molecule has 1 aromatic carbocycles. The number of aromatic nitrogens is 1. The molecule has 20 heavy (non-hydrogen) atoms. The van der Waals surface area contributed by atoms with Gasteiger partial charge in [-0.25, -0.2) is 4.98 Å². The molecule has 6 heteroatoms. The standard InChI is InChI=1S/C14H12N2O2S2/c1-9-12(6-13(17)18)20-14(16-9)19-8-11-5-3-2-4-10(11)7-15/h2-5H,6,8H2,1H3,(H,17,18). The van der Waals surface area contributed by atoms with Crippen molar-refractivity contribution in [2.75, 3.05) is 0 Å². The third-order valence-corrected chi connectivity index (χ3v) is 5.02. The Morgan fingerprint density at radius 3 is 2.95 bits per heavy atom. The smallest absolute Gasteiger partial charge is 0.308 e. The van der Waals surface area contributed by atoms with E-state index in [2.05, 4.69) is 11.1 Å². The normalized spacial score (nSPS) is 10.2. The van der Waals surface area contributed by atoms with Crippen molar-refractivity contribution >= 4 is 29.1 Å². The summed E-state index contributed by atoms with van der Waals surface area (Å²) in [7, 11) is 0. The molecule has 0 unspecified atom stereocenters. The average molecular weight is 304 g/mol. The Labute approximate surface area is 125 Å². The molecule has 0 amide bonds. The third kappa shape index (κ3) is 3.59. The van der Waals surface area contributed by atoms with E-state index in [-0.39, 0.29) is 6.42 Å². The zero-order valence-electron chi connectivity index (χ0n) is 10.8. The summed E-state index contributed by atoms with van der Waals surface area (Å²) in [4.78, 5) is 15.9. The van der Waals surface area contributed by atoms with Crippen molar-refractivity contribution in [3.8, 4) is 6.07 Å². The molecule has 0 saturated carbocycles. The number of aliphatic carboxylic acids is 1. The molecule has 0 saturated heterocycles. The molecule has 0 aliphatic rings. The minimum absolute atomic E-state index is 0.0127. The highest BCUT2D eigenvalue weighted by Gasteiger charge is 2.12. The molecule has 1 aromatic heterocycles. The van der Waals surface area contributed by atoms with Crippen LogP contribution in [0.1, 0.15) is 21.7 Å². The van der Waals surface area contributed by atoms with Gasteiger partial charge in [0.1, 0.15) is 0 Å². The highest BCUT2D eigenvalue weighted by molar-refractivity contribution is 8.00. The summed E-state index contributed by atoms with van der Waals surface area (Å²) in [6.07, 6.45) is 0.0127. The van der Waals surface area contributed by atoms with E-state index in [1.807, 2.05) is 25.1 Å². The van der Waals surface area contributed by atoms with E-state index in [1.54, 1.807) is 6.07 Å². The molecule has 4 nitrogen and oxygen atoms in total. The van der Waals surface area contributed by atoms with Gasteiger partial charge in [0.25, 0.3) is 0 Å². The van der Waals surface area contributed by atoms with Crippen molar-refractivity contribution in [1.82, 2.24) is 4.98 Å². The van der Waals surface area contributed by atoms with Crippen LogP contribution in [0, 0.1) is 18.3 Å². The molecule has 0 atom stereocenters. The molecule has 0 aliphatic heterocycles. The van der Waals surface area contributed by atoms with Crippen LogP contribution in [0.4, 0.5) is 0 Å². The van der Waals surface area contributed by atoms with E-state index >= 15 is 0 Å². The predicted octanol–water partition coefficient (Wildman–Crippen LogP) is 3.24. The number of nitrogens with zero attached hydrogens (tertiary/aromatic N) is 2. The lowest BCUT2D eigenvalue weighted by molar-refractivity contribution is -0.136. The number of thioether (sulfide) groups is 1. The van der Waals surface area contributed by atoms with Crippen LogP contribution in [0.15, 0.2) is 28.6 Å². The Hall–Kier alpha value is -1.84. The molecule has 0 bridgehead atoms. The summed E-state index contributed by atoms with van der Waals surface area (Å²) in [5.74, 6) is -0.188. The van der Waals surface area contributed by atoms with Gasteiger partial charge in [-0.05, 0) is 18.6 Å². The van der Waals surface area contributed by atoms with Crippen molar-refractivity contribution < 1.29 is 9.90 Å². The van der Waals surface area contributed by atoms with Gasteiger partial charge in [0.05, 0.1) is 23.7 Å². The van der Waals surface area contributed by atoms with Crippen LogP contribution in [0.3, 0.4) is 0 Å². The molecule has 2 aromatic rings. The maximum absolute atomic E-state index is 10.7. The van der Waals surface area contributed by atoms with Crippen LogP contribution in [-0.2, 0) is 17.0 Å². The number of carboxylic acid groups (broad SMARTS) is 1. The molecule has 0 radical (unpaired) electrons. The second-order valence-corrected chi connectivity index (χ2v) is 6.42. The lowest BCUT2D eigenvalue weighted by atomic mass is 10.1. The fourth-order valence-corrected chi connectivity index (χ4v) is 3.89. The average Bonchev–Trinajstić information content (AvgIpc) is 2.76. The van der Waals surface area contributed by atoms with Crippen molar-refractivity contribution in [1.29, 1.82) is 5.26 Å². The summed E-state index contributed by atoms with van der Waals surface area (Å²) in [6.45, 7) is 1.82. The Bertz CT molecular complexity index is 674. The number of thiazole rings is 1. The van der Waals surface area contributed by atoms with Gasteiger partial charge >= 0.3 is 5.97 Å². The van der Waals surface area contributed by atoms with Crippen molar-refractivity contribution in [3.63, 3.8) is 0 Å². The lowest BCUT2D eigenvalue weighted by Crippen LogP contribution is -1.99. The monoisotopic (exact) mass is 304 g/mol. The quantitative estimate of drug-likeness (QED) is 0.858. The first-order valence-corrected chi connectivity index (χ1v) is 7.69. The van der Waals surface area contributed by atoms with E-state index in [0.29, 0.717) is 11.3 Å². The zero-order valence-corrected chi connectivity index (χ0v) is 12.4. The topological polar surface area (TPSA) is 74.0 Å². The van der Waals surface area contributed by atoms with Crippen molar-refractivity contribution in [2.24, 2.45) is 0 Å². The maximum atomic E-state index is 10.7. The van der Waals surface area contributed by atoms with Gasteiger partial charge in [0.2, 0.25) is 0 Å². The summed E-state index contributed by atoms with van der Waals surface area (Å²) in [6, 6.07) is 9.62. The van der Waals surface area contributed by atoms with E-state index in [4.69, 9.17) is 10.4 Å². The van der Waals surface area contributed by atoms with Gasteiger partial charge in [-0.15, -0.1) is 11.3 Å². The number of hydrogen-bond acceptors (Lipinski definition) is 5. The van der Waals surface area contributed by atoms with Gasteiger partial charge in [0.15, 0.2) is 4.34 Å². The molecule has 0 fully saturated rings. The first-order valence-electron chi connectivity index (χ1n) is 5.89. The van der Waals surface area contributed by atoms with Gasteiger partial charge in [-0.1, -0.05) is 30.0 Å². The molecule has 1 heterocycles. The van der Waals surface area contributed by atoms with E-state index in [9.17, 15) is 4.79 Å². The number of hydrogen-bond donors (Lipinski definition) is 1. The van der Waals surface area contributed by atoms with Gasteiger partial charge in [0, 0.05) is 10.6 Å². The van der Waals surface area contributed by atoms with Crippen LogP contribution in [-0.4, -0.2) is 16.1 Å². The fraction of sp³-hybridized carbons (Fsp3) is 0.214. The van der Waals surface area contributed by atoms with Crippen molar-refractivity contribution in [2.45, 2.75) is 23.4 Å². The number of benzene rings is 1. The second-order valence-electron chi connectivity index (χ2n) is 4.12. The Morgan fingerprint density at radius 1 is 1.50 bits per heavy atom. The summed E-state index contributed by atoms with van der Waals surface area (Å²) >= 11 is 2.94. The van der Waals surface area contributed by atoms with Crippen LogP contribution < -0.4 is 0 Å². The van der Waals surface area contributed by atoms with Crippen LogP contribution in [0.25, 0.3) is 0 Å². The van der Waals surface area contributed by atoms with Crippen LogP contribution in [0.2, 0.25) is 0 Å². The van der Waals surface area contributed by atoms with E-state index in [0.717, 1.165) is 20.5 Å². The minimum atomic E-state index is -0.844. The molecule has 102 valence electrons. The number of rotatable bonds is 5. The first-order chi connectivity index (χ1) is 9.60. The molecule has 0 aliphatic carbocycles. The summed E-state index contributed by atoms with van der Waals surface area (Å²) in [5, 5.41) is 17.8. The largest absolute Gasteiger partial charge is 0.481 e. The number of carboxylic acids is 1. The SMILES string of the molecule is Cc1nc(SCc2ccccc2C#N)sc1CC(=O)O. The van der Waals surface area contributed by atoms with Gasteiger partial charge in [-0.3, -0.25) is 4.79 Å². The maximum Gasteiger partial charge on any atom is 0.308 e. The van der Waals surface area contributed by atoms with Crippen molar-refractivity contribution in [3.05, 3.63) is 46.0 Å². The Kier molecular flexibility index (Phi) is 4.77. The molecular weight excluding hydrogens is 292 g/mol. The summed E-state index contributed by atoms with van der Waals surface area (Å²) in [5.41, 5.74) is 2.40. The van der Waals surface area contributed by atoms with Gasteiger partial charge < -0.3 is 5.11 Å². The summed E-state index contributed by atoms with van der Waals surface area (Å²) < 4.78 is 0.839. The zero-order chi connectivity index (χ0) is 14.5. The predicted molar refractivity (Wildman–Crippen MR) is 78.9 cm³/mol. The second kappa shape index (κ2) is 6.55. The lowest BCUT2D eigenvalue weighted by Gasteiger charge is -2.00. The highest BCUT2D eigenvalue weighted by atomic mass is 32.2. The Morgan fingerprint density at radius 2 is 2.25 bits per heavy atom. The first kappa shape index (κ1) is 14.6. The van der Waals surface area contributed by atoms with Gasteiger partial charge in [-0.2, -0.15) is 5.26 Å². The molecule has 2 rings (SSSR count). The van der Waals surface area contributed by atoms with E-state index in [1.165, 1.54) is 23.1 Å². The van der Waals surface area contributed by atoms with E-state index < -0.39 is 5.97 Å². The number of carbonyl (C=O) groups is 1. The van der Waals surface area contributed by atoms with Crippen LogP contribution in [0.5, 0.6) is 0 Å². The number of nitriles is 1. The number of aryl methyl sites for hydroxylation is 1. The molecule has 0 spiro atoms. The fourth-order valence-electron chi connectivity index (χ4n) is 1.66. The highest BCUT2D eigenvalue weighted by Crippen LogP contribution is 2.30. The van der Waals surface area contributed by atoms with Crippen LogP contribution >= 0.6 is 23.1 Å².